The smallest absolute Gasteiger partial charge is 0.228 e. The molecule has 3 aromatic carbocycles. The minimum Gasteiger partial charge on any atom is -0.326 e. The predicted molar refractivity (Wildman–Crippen MR) is 109 cm³/mol. The summed E-state index contributed by atoms with van der Waals surface area (Å²) in [6.07, 6.45) is 2.20. The molecule has 0 aliphatic carbocycles. The molecule has 0 saturated heterocycles. The van der Waals surface area contributed by atoms with E-state index in [1.165, 1.54) is 0 Å². The van der Waals surface area contributed by atoms with Gasteiger partial charge in [-0.25, -0.2) is 0 Å². The second-order valence-electron chi connectivity index (χ2n) is 6.98. The van der Waals surface area contributed by atoms with Gasteiger partial charge >= 0.3 is 0 Å². The number of benzene rings is 3. The van der Waals surface area contributed by atoms with Crippen LogP contribution in [0.15, 0.2) is 60.7 Å². The van der Waals surface area contributed by atoms with Gasteiger partial charge in [0.25, 0.3) is 0 Å². The monoisotopic (exact) mass is 358 g/mol. The second-order valence-corrected chi connectivity index (χ2v) is 6.98. The van der Waals surface area contributed by atoms with E-state index in [0.717, 1.165) is 52.7 Å². The maximum Gasteiger partial charge on any atom is 0.228 e. The van der Waals surface area contributed by atoms with E-state index in [2.05, 4.69) is 17.4 Å². The summed E-state index contributed by atoms with van der Waals surface area (Å²) in [5.74, 6) is 0.0224. The maximum absolute atomic E-state index is 12.6. The molecule has 0 saturated carbocycles. The summed E-state index contributed by atoms with van der Waals surface area (Å²) in [4.78, 5) is 26.2. The first-order chi connectivity index (χ1) is 13.1. The van der Waals surface area contributed by atoms with Crippen molar-refractivity contribution in [1.82, 2.24) is 0 Å². The van der Waals surface area contributed by atoms with Crippen molar-refractivity contribution in [2.75, 3.05) is 16.8 Å². The Morgan fingerprint density at radius 2 is 1.85 bits per heavy atom. The van der Waals surface area contributed by atoms with Crippen molar-refractivity contribution in [3.05, 3.63) is 71.8 Å². The predicted octanol–water partition coefficient (Wildman–Crippen LogP) is 4.32. The summed E-state index contributed by atoms with van der Waals surface area (Å²) in [5.41, 5.74) is 3.87. The van der Waals surface area contributed by atoms with Gasteiger partial charge in [-0.05, 0) is 52.9 Å². The molecule has 1 N–H and O–H groups in total. The van der Waals surface area contributed by atoms with Crippen molar-refractivity contribution in [2.45, 2.75) is 26.2 Å². The fourth-order valence-electron chi connectivity index (χ4n) is 3.83. The van der Waals surface area contributed by atoms with Crippen molar-refractivity contribution < 1.29 is 9.59 Å². The average Bonchev–Trinajstić information content (AvgIpc) is 2.67. The van der Waals surface area contributed by atoms with Crippen LogP contribution in [-0.4, -0.2) is 18.4 Å². The van der Waals surface area contributed by atoms with Gasteiger partial charge in [-0.15, -0.1) is 0 Å². The largest absolute Gasteiger partial charge is 0.326 e. The molecular weight excluding hydrogens is 336 g/mol. The van der Waals surface area contributed by atoms with E-state index in [4.69, 9.17) is 0 Å². The molecule has 1 aliphatic heterocycles. The summed E-state index contributed by atoms with van der Waals surface area (Å²) in [6.45, 7) is 2.35. The number of aryl methyl sites for hydroxylation is 1. The molecule has 2 amide bonds. The lowest BCUT2D eigenvalue weighted by Crippen LogP contribution is -2.33. The molecule has 0 radical (unpaired) electrons. The van der Waals surface area contributed by atoms with Crippen LogP contribution in [-0.2, 0) is 22.4 Å². The molecule has 0 aromatic heterocycles. The van der Waals surface area contributed by atoms with Crippen molar-refractivity contribution >= 4 is 34.0 Å². The van der Waals surface area contributed by atoms with Crippen LogP contribution in [0.4, 0.5) is 11.4 Å². The Morgan fingerprint density at radius 1 is 1.04 bits per heavy atom. The first-order valence-electron chi connectivity index (χ1n) is 9.29. The quantitative estimate of drug-likeness (QED) is 0.758. The minimum atomic E-state index is -0.0365. The van der Waals surface area contributed by atoms with E-state index in [1.807, 2.05) is 48.5 Å². The normalized spacial score (nSPS) is 13.3. The van der Waals surface area contributed by atoms with Crippen LogP contribution in [0.1, 0.15) is 24.5 Å². The fourth-order valence-corrected chi connectivity index (χ4v) is 3.83. The zero-order valence-corrected chi connectivity index (χ0v) is 15.4. The Bertz CT molecular complexity index is 1020. The Labute approximate surface area is 158 Å². The first kappa shape index (κ1) is 17.3. The Kier molecular flexibility index (Phi) is 4.63. The highest BCUT2D eigenvalue weighted by Gasteiger charge is 2.20. The van der Waals surface area contributed by atoms with Gasteiger partial charge in [-0.1, -0.05) is 42.5 Å². The zero-order valence-electron chi connectivity index (χ0n) is 15.4. The Balaban J connectivity index is 1.52. The number of nitrogens with one attached hydrogen (secondary N) is 1. The van der Waals surface area contributed by atoms with Crippen molar-refractivity contribution in [2.24, 2.45) is 0 Å². The number of nitrogens with zero attached hydrogens (tertiary/aromatic N) is 1. The van der Waals surface area contributed by atoms with Gasteiger partial charge in [-0.2, -0.15) is 0 Å². The third-order valence-electron chi connectivity index (χ3n) is 5.09. The topological polar surface area (TPSA) is 49.4 Å². The van der Waals surface area contributed by atoms with Crippen LogP contribution in [0.25, 0.3) is 10.8 Å². The lowest BCUT2D eigenvalue weighted by atomic mass is 10.0. The molecule has 4 heteroatoms. The number of hydrogen-bond acceptors (Lipinski definition) is 2. The molecule has 27 heavy (non-hydrogen) atoms. The Morgan fingerprint density at radius 3 is 2.70 bits per heavy atom. The molecule has 0 bridgehead atoms. The minimum absolute atomic E-state index is 0.0365. The number of anilines is 2. The van der Waals surface area contributed by atoms with E-state index >= 15 is 0 Å². The number of carbonyl (C=O) groups excluding carboxylic acids is 2. The second kappa shape index (κ2) is 7.23. The summed E-state index contributed by atoms with van der Waals surface area (Å²) < 4.78 is 0. The highest BCUT2D eigenvalue weighted by molar-refractivity contribution is 5.97. The highest BCUT2D eigenvalue weighted by atomic mass is 16.2. The standard InChI is InChI=1S/C23H22N2O2/c1-16(26)25-13-5-9-19-14-20(11-12-22(19)25)24-23(27)15-18-8-4-7-17-6-2-3-10-21(17)18/h2-4,6-8,10-12,14H,5,9,13,15H2,1H3,(H,24,27). The first-order valence-corrected chi connectivity index (χ1v) is 9.29. The third kappa shape index (κ3) is 3.56. The van der Waals surface area contributed by atoms with E-state index in [1.54, 1.807) is 11.8 Å². The van der Waals surface area contributed by atoms with Crippen LogP contribution in [0, 0.1) is 0 Å². The zero-order chi connectivity index (χ0) is 18.8. The van der Waals surface area contributed by atoms with Crippen molar-refractivity contribution in [3.63, 3.8) is 0 Å². The SMILES string of the molecule is CC(=O)N1CCCc2cc(NC(=O)Cc3cccc4ccccc34)ccc21. The van der Waals surface area contributed by atoms with E-state index in [-0.39, 0.29) is 11.8 Å². The van der Waals surface area contributed by atoms with Crippen LogP contribution in [0.5, 0.6) is 0 Å². The third-order valence-corrected chi connectivity index (χ3v) is 5.09. The van der Waals surface area contributed by atoms with Gasteiger partial charge in [0.05, 0.1) is 6.42 Å². The van der Waals surface area contributed by atoms with Gasteiger partial charge in [-0.3, -0.25) is 9.59 Å². The molecule has 1 heterocycles. The number of fused-ring (bicyclic) bond motifs is 2. The molecule has 0 spiro atoms. The number of carbonyl (C=O) groups is 2. The summed E-state index contributed by atoms with van der Waals surface area (Å²) in [6, 6.07) is 19.9. The molecular formula is C23H22N2O2. The summed E-state index contributed by atoms with van der Waals surface area (Å²) in [7, 11) is 0. The molecule has 3 aromatic rings. The van der Waals surface area contributed by atoms with Crippen LogP contribution < -0.4 is 10.2 Å². The van der Waals surface area contributed by atoms with E-state index < -0.39 is 0 Å². The highest BCUT2D eigenvalue weighted by Crippen LogP contribution is 2.30. The van der Waals surface area contributed by atoms with Crippen molar-refractivity contribution in [3.8, 4) is 0 Å². The lowest BCUT2D eigenvalue weighted by Gasteiger charge is -2.29. The summed E-state index contributed by atoms with van der Waals surface area (Å²) >= 11 is 0. The van der Waals surface area contributed by atoms with Crippen molar-refractivity contribution in [1.29, 1.82) is 0 Å². The van der Waals surface area contributed by atoms with Gasteiger partial charge < -0.3 is 10.2 Å². The molecule has 0 atom stereocenters. The van der Waals surface area contributed by atoms with Crippen LogP contribution in [0.2, 0.25) is 0 Å². The Hall–Kier alpha value is -3.14. The molecule has 0 unspecified atom stereocenters. The van der Waals surface area contributed by atoms with Crippen LogP contribution in [0.3, 0.4) is 0 Å². The molecule has 0 fully saturated rings. The number of hydrogen-bond donors (Lipinski definition) is 1. The molecule has 1 aliphatic rings. The molecule has 4 rings (SSSR count). The van der Waals surface area contributed by atoms with Gasteiger partial charge in [0.1, 0.15) is 0 Å². The van der Waals surface area contributed by atoms with Gasteiger partial charge in [0.2, 0.25) is 11.8 Å². The number of rotatable bonds is 3. The summed E-state index contributed by atoms with van der Waals surface area (Å²) in [5, 5.41) is 5.26. The lowest BCUT2D eigenvalue weighted by molar-refractivity contribution is -0.117. The van der Waals surface area contributed by atoms with E-state index in [9.17, 15) is 9.59 Å². The van der Waals surface area contributed by atoms with E-state index in [0.29, 0.717) is 6.42 Å². The average molecular weight is 358 g/mol. The molecule has 4 nitrogen and oxygen atoms in total. The van der Waals surface area contributed by atoms with Gasteiger partial charge in [0.15, 0.2) is 0 Å². The maximum atomic E-state index is 12.6. The molecule has 136 valence electrons. The van der Waals surface area contributed by atoms with Crippen LogP contribution >= 0.6 is 0 Å². The number of amides is 2. The van der Waals surface area contributed by atoms with Gasteiger partial charge in [0, 0.05) is 24.8 Å². The fraction of sp³-hybridized carbons (Fsp3) is 0.217.